The van der Waals surface area contributed by atoms with Gasteiger partial charge < -0.3 is 11.1 Å². The number of thiazole rings is 1. The van der Waals surface area contributed by atoms with Gasteiger partial charge in [0.1, 0.15) is 0 Å². The maximum atomic E-state index is 11.3. The largest absolute Gasteiger partial charge is 0.356 e. The molecule has 0 saturated heterocycles. The van der Waals surface area contributed by atoms with Crippen LogP contribution >= 0.6 is 11.3 Å². The van der Waals surface area contributed by atoms with E-state index in [9.17, 15) is 4.79 Å². The van der Waals surface area contributed by atoms with Crippen LogP contribution in [0.25, 0.3) is 0 Å². The number of aromatic nitrogens is 1. The highest BCUT2D eigenvalue weighted by molar-refractivity contribution is 7.09. The molecule has 0 aliphatic rings. The Morgan fingerprint density at radius 2 is 2.38 bits per heavy atom. The second kappa shape index (κ2) is 7.35. The van der Waals surface area contributed by atoms with Gasteiger partial charge in [0.05, 0.1) is 10.7 Å². The zero-order valence-corrected chi connectivity index (χ0v) is 10.5. The van der Waals surface area contributed by atoms with Crippen LogP contribution < -0.4 is 11.1 Å². The minimum Gasteiger partial charge on any atom is -0.356 e. The van der Waals surface area contributed by atoms with Crippen LogP contribution in [0.5, 0.6) is 0 Å². The van der Waals surface area contributed by atoms with Gasteiger partial charge in [-0.05, 0) is 26.3 Å². The first-order valence-corrected chi connectivity index (χ1v) is 6.48. The number of nitrogens with one attached hydrogen (secondary N) is 1. The molecule has 3 N–H and O–H groups in total. The topological polar surface area (TPSA) is 68.0 Å². The molecule has 1 amide bonds. The number of carbonyl (C=O) groups excluding carboxylic acids is 1. The first kappa shape index (κ1) is 13.1. The normalized spacial score (nSPS) is 10.4. The predicted molar refractivity (Wildman–Crippen MR) is 66.5 cm³/mol. The molecule has 0 unspecified atom stereocenters. The van der Waals surface area contributed by atoms with Crippen LogP contribution in [0.1, 0.15) is 30.0 Å². The quantitative estimate of drug-likeness (QED) is 0.706. The first-order chi connectivity index (χ1) is 7.72. The van der Waals surface area contributed by atoms with E-state index < -0.39 is 0 Å². The number of nitrogens with two attached hydrogens (primary N) is 1. The lowest BCUT2D eigenvalue weighted by Gasteiger charge is -2.03. The van der Waals surface area contributed by atoms with Gasteiger partial charge in [-0.25, -0.2) is 4.98 Å². The zero-order chi connectivity index (χ0) is 11.8. The van der Waals surface area contributed by atoms with E-state index in [2.05, 4.69) is 10.3 Å². The summed E-state index contributed by atoms with van der Waals surface area (Å²) in [7, 11) is 0. The van der Waals surface area contributed by atoms with E-state index in [1.165, 1.54) is 0 Å². The number of carbonyl (C=O) groups is 1. The molecule has 0 radical (unpaired) electrons. The number of aryl methyl sites for hydroxylation is 1. The highest BCUT2D eigenvalue weighted by atomic mass is 32.1. The zero-order valence-electron chi connectivity index (χ0n) is 9.66. The fourth-order valence-electron chi connectivity index (χ4n) is 1.37. The molecule has 4 nitrogen and oxygen atoms in total. The summed E-state index contributed by atoms with van der Waals surface area (Å²) >= 11 is 1.64. The van der Waals surface area contributed by atoms with Crippen LogP contribution in [0.2, 0.25) is 0 Å². The van der Waals surface area contributed by atoms with Crippen molar-refractivity contribution in [2.24, 2.45) is 5.73 Å². The summed E-state index contributed by atoms with van der Waals surface area (Å²) in [4.78, 5) is 15.7. The number of hydrogen-bond donors (Lipinski definition) is 2. The third-order valence-corrected chi connectivity index (χ3v) is 3.05. The molecular weight excluding hydrogens is 222 g/mol. The molecule has 16 heavy (non-hydrogen) atoms. The summed E-state index contributed by atoms with van der Waals surface area (Å²) in [5.74, 6) is 0.111. The molecule has 0 saturated carbocycles. The fourth-order valence-corrected chi connectivity index (χ4v) is 2.02. The highest BCUT2D eigenvalue weighted by Crippen LogP contribution is 2.07. The van der Waals surface area contributed by atoms with Crippen molar-refractivity contribution in [2.45, 2.75) is 32.6 Å². The molecule has 0 aliphatic heterocycles. The molecule has 0 aromatic carbocycles. The van der Waals surface area contributed by atoms with Crippen molar-refractivity contribution in [3.8, 4) is 0 Å². The monoisotopic (exact) mass is 241 g/mol. The second-order valence-electron chi connectivity index (χ2n) is 3.70. The van der Waals surface area contributed by atoms with E-state index in [-0.39, 0.29) is 5.91 Å². The summed E-state index contributed by atoms with van der Waals surface area (Å²) in [6, 6.07) is 0. The Labute approximate surface area is 100 Å². The summed E-state index contributed by atoms with van der Waals surface area (Å²) < 4.78 is 0. The number of nitrogens with zero attached hydrogens (tertiary/aromatic N) is 1. The van der Waals surface area contributed by atoms with E-state index in [1.54, 1.807) is 11.3 Å². The van der Waals surface area contributed by atoms with Crippen molar-refractivity contribution < 1.29 is 4.79 Å². The Kier molecular flexibility index (Phi) is 6.03. The third-order valence-electron chi connectivity index (χ3n) is 2.23. The van der Waals surface area contributed by atoms with E-state index in [4.69, 9.17) is 5.73 Å². The molecule has 5 heteroatoms. The van der Waals surface area contributed by atoms with Gasteiger partial charge in [-0.3, -0.25) is 4.79 Å². The molecule has 0 bridgehead atoms. The Morgan fingerprint density at radius 3 is 3.00 bits per heavy atom. The van der Waals surface area contributed by atoms with Gasteiger partial charge in [-0.1, -0.05) is 0 Å². The molecule has 0 fully saturated rings. The molecule has 1 rings (SSSR count). The van der Waals surface area contributed by atoms with Gasteiger partial charge in [0.25, 0.3) is 0 Å². The maximum Gasteiger partial charge on any atom is 0.220 e. The average molecular weight is 241 g/mol. The molecule has 0 aliphatic carbocycles. The van der Waals surface area contributed by atoms with Gasteiger partial charge in [-0.15, -0.1) is 11.3 Å². The van der Waals surface area contributed by atoms with E-state index in [0.717, 1.165) is 30.0 Å². The molecule has 1 heterocycles. The van der Waals surface area contributed by atoms with E-state index >= 15 is 0 Å². The Bertz CT molecular complexity index is 325. The lowest BCUT2D eigenvalue weighted by atomic mass is 10.2. The smallest absolute Gasteiger partial charge is 0.220 e. The van der Waals surface area contributed by atoms with Crippen molar-refractivity contribution in [1.29, 1.82) is 0 Å². The lowest BCUT2D eigenvalue weighted by molar-refractivity contribution is -0.121. The van der Waals surface area contributed by atoms with Crippen LogP contribution in [-0.2, 0) is 11.2 Å². The Morgan fingerprint density at radius 1 is 1.56 bits per heavy atom. The van der Waals surface area contributed by atoms with Crippen LogP contribution in [0.4, 0.5) is 0 Å². The van der Waals surface area contributed by atoms with E-state index in [1.807, 2.05) is 12.3 Å². The van der Waals surface area contributed by atoms with Crippen molar-refractivity contribution in [3.05, 3.63) is 16.1 Å². The molecule has 1 aromatic rings. The Hall–Kier alpha value is -0.940. The first-order valence-electron chi connectivity index (χ1n) is 5.60. The molecule has 90 valence electrons. The average Bonchev–Trinajstić information content (AvgIpc) is 2.65. The molecule has 1 aromatic heterocycles. The fraction of sp³-hybridized carbons (Fsp3) is 0.636. The van der Waals surface area contributed by atoms with Crippen LogP contribution in [0, 0.1) is 6.92 Å². The van der Waals surface area contributed by atoms with Crippen LogP contribution in [-0.4, -0.2) is 24.0 Å². The minimum atomic E-state index is 0.111. The minimum absolute atomic E-state index is 0.111. The maximum absolute atomic E-state index is 11.3. The highest BCUT2D eigenvalue weighted by Gasteiger charge is 2.01. The third kappa shape index (κ3) is 5.23. The summed E-state index contributed by atoms with van der Waals surface area (Å²) in [5.41, 5.74) is 6.41. The SMILES string of the molecule is Cc1nc(CCNC(=O)CCCCN)cs1. The Balaban J connectivity index is 2.08. The number of amides is 1. The lowest BCUT2D eigenvalue weighted by Crippen LogP contribution is -2.25. The van der Waals surface area contributed by atoms with Crippen molar-refractivity contribution in [3.63, 3.8) is 0 Å². The van der Waals surface area contributed by atoms with Crippen molar-refractivity contribution in [1.82, 2.24) is 10.3 Å². The summed E-state index contributed by atoms with van der Waals surface area (Å²) in [5, 5.41) is 6.00. The standard InChI is InChI=1S/C11H19N3OS/c1-9-14-10(8-16-9)5-7-13-11(15)4-2-3-6-12/h8H,2-7,12H2,1H3,(H,13,15). The van der Waals surface area contributed by atoms with Gasteiger partial charge in [0, 0.05) is 24.8 Å². The van der Waals surface area contributed by atoms with Gasteiger partial charge in [0.15, 0.2) is 0 Å². The summed E-state index contributed by atoms with van der Waals surface area (Å²) in [6.07, 6.45) is 3.18. The number of hydrogen-bond acceptors (Lipinski definition) is 4. The number of unbranched alkanes of at least 4 members (excludes halogenated alkanes) is 1. The summed E-state index contributed by atoms with van der Waals surface area (Å²) in [6.45, 7) is 3.32. The molecular formula is C11H19N3OS. The van der Waals surface area contributed by atoms with Crippen molar-refractivity contribution >= 4 is 17.2 Å². The van der Waals surface area contributed by atoms with E-state index in [0.29, 0.717) is 19.5 Å². The van der Waals surface area contributed by atoms with Crippen molar-refractivity contribution in [2.75, 3.05) is 13.1 Å². The second-order valence-corrected chi connectivity index (χ2v) is 4.77. The van der Waals surface area contributed by atoms with Crippen LogP contribution in [0.3, 0.4) is 0 Å². The predicted octanol–water partition coefficient (Wildman–Crippen LogP) is 1.24. The van der Waals surface area contributed by atoms with Gasteiger partial charge in [-0.2, -0.15) is 0 Å². The van der Waals surface area contributed by atoms with Gasteiger partial charge in [0.2, 0.25) is 5.91 Å². The molecule has 0 atom stereocenters. The van der Waals surface area contributed by atoms with Crippen LogP contribution in [0.15, 0.2) is 5.38 Å². The number of rotatable bonds is 7. The molecule has 0 spiro atoms. The van der Waals surface area contributed by atoms with Gasteiger partial charge >= 0.3 is 0 Å².